The summed E-state index contributed by atoms with van der Waals surface area (Å²) in [6, 6.07) is 6.76. The molecule has 1 heterocycles. The van der Waals surface area contributed by atoms with E-state index in [1.165, 1.54) is 12.1 Å². The van der Waals surface area contributed by atoms with Crippen LogP contribution in [0.2, 0.25) is 0 Å². The number of hydrogen-bond donors (Lipinski definition) is 1. The number of hydrogen-bond acceptors (Lipinski definition) is 5. The fraction of sp³-hybridized carbons (Fsp3) is 0.333. The first-order chi connectivity index (χ1) is 13.1. The average Bonchev–Trinajstić information content (AvgIpc) is 3.08. The van der Waals surface area contributed by atoms with E-state index in [0.717, 1.165) is 17.7 Å². The van der Waals surface area contributed by atoms with Crippen LogP contribution in [0.15, 0.2) is 41.1 Å². The van der Waals surface area contributed by atoms with E-state index < -0.39 is 6.36 Å². The second-order valence-corrected chi connectivity index (χ2v) is 6.95. The predicted octanol–water partition coefficient (Wildman–Crippen LogP) is 3.18. The lowest BCUT2D eigenvalue weighted by atomic mass is 10.3. The van der Waals surface area contributed by atoms with E-state index in [2.05, 4.69) is 10.1 Å². The minimum atomic E-state index is -4.77. The Bertz CT molecular complexity index is 780. The molecule has 0 radical (unpaired) electrons. The molecule has 6 nitrogen and oxygen atoms in total. The van der Waals surface area contributed by atoms with Gasteiger partial charge in [0.1, 0.15) is 5.75 Å². The standard InChI is InChI=1S/C18H20F3N3O3S/c1-23(11-17(26)24(2)9-13-7-8-28-12-13)10-16(25)22-14-3-5-15(6-4-14)27-18(19,20)21/h3-8,12H,9-11H2,1-2H3,(H,22,25). The highest BCUT2D eigenvalue weighted by Crippen LogP contribution is 2.23. The molecule has 1 N–H and O–H groups in total. The van der Waals surface area contributed by atoms with Crippen molar-refractivity contribution in [1.29, 1.82) is 0 Å². The van der Waals surface area contributed by atoms with Crippen LogP contribution in [0, 0.1) is 0 Å². The molecule has 0 unspecified atom stereocenters. The topological polar surface area (TPSA) is 61.9 Å². The maximum Gasteiger partial charge on any atom is 0.573 e. The number of amides is 2. The van der Waals surface area contributed by atoms with Crippen LogP contribution >= 0.6 is 11.3 Å². The molecule has 10 heteroatoms. The quantitative estimate of drug-likeness (QED) is 0.720. The zero-order valence-electron chi connectivity index (χ0n) is 15.3. The average molecular weight is 415 g/mol. The number of nitrogens with zero attached hydrogens (tertiary/aromatic N) is 2. The number of rotatable bonds is 8. The maximum absolute atomic E-state index is 12.2. The van der Waals surface area contributed by atoms with Gasteiger partial charge in [0, 0.05) is 19.3 Å². The molecule has 2 amide bonds. The Morgan fingerprint density at radius 3 is 2.36 bits per heavy atom. The van der Waals surface area contributed by atoms with Gasteiger partial charge in [-0.15, -0.1) is 13.2 Å². The fourth-order valence-corrected chi connectivity index (χ4v) is 3.00. The molecular weight excluding hydrogens is 395 g/mol. The third-order valence-electron chi connectivity index (χ3n) is 3.62. The molecule has 0 spiro atoms. The predicted molar refractivity (Wildman–Crippen MR) is 100 cm³/mol. The van der Waals surface area contributed by atoms with E-state index in [9.17, 15) is 22.8 Å². The van der Waals surface area contributed by atoms with Gasteiger partial charge in [-0.05, 0) is 53.7 Å². The molecular formula is C18H20F3N3O3S. The Kier molecular flexibility index (Phi) is 7.41. The van der Waals surface area contributed by atoms with Crippen LogP contribution in [-0.2, 0) is 16.1 Å². The first-order valence-corrected chi connectivity index (χ1v) is 9.16. The molecule has 0 aliphatic heterocycles. The highest BCUT2D eigenvalue weighted by Gasteiger charge is 2.31. The zero-order chi connectivity index (χ0) is 20.7. The van der Waals surface area contributed by atoms with Gasteiger partial charge in [0.05, 0.1) is 13.1 Å². The third-order valence-corrected chi connectivity index (χ3v) is 4.35. The minimum Gasteiger partial charge on any atom is -0.406 e. The second-order valence-electron chi connectivity index (χ2n) is 6.17. The van der Waals surface area contributed by atoms with Gasteiger partial charge in [0.2, 0.25) is 11.8 Å². The van der Waals surface area contributed by atoms with Crippen molar-refractivity contribution in [2.24, 2.45) is 0 Å². The Hall–Kier alpha value is -2.59. The summed E-state index contributed by atoms with van der Waals surface area (Å²) >= 11 is 1.56. The van der Waals surface area contributed by atoms with Gasteiger partial charge in [-0.1, -0.05) is 0 Å². The summed E-state index contributed by atoms with van der Waals surface area (Å²) in [6.45, 7) is 0.514. The largest absolute Gasteiger partial charge is 0.573 e. The van der Waals surface area contributed by atoms with Gasteiger partial charge in [-0.25, -0.2) is 0 Å². The van der Waals surface area contributed by atoms with Crippen molar-refractivity contribution in [3.8, 4) is 5.75 Å². The van der Waals surface area contributed by atoms with Crippen molar-refractivity contribution >= 4 is 28.8 Å². The van der Waals surface area contributed by atoms with Gasteiger partial charge < -0.3 is 15.0 Å². The smallest absolute Gasteiger partial charge is 0.406 e. The highest BCUT2D eigenvalue weighted by atomic mass is 32.1. The van der Waals surface area contributed by atoms with Crippen LogP contribution in [0.4, 0.5) is 18.9 Å². The summed E-state index contributed by atoms with van der Waals surface area (Å²) in [6.07, 6.45) is -4.77. The zero-order valence-corrected chi connectivity index (χ0v) is 16.1. The maximum atomic E-state index is 12.2. The molecule has 0 atom stereocenters. The van der Waals surface area contributed by atoms with Crippen LogP contribution in [-0.4, -0.2) is 55.2 Å². The fourth-order valence-electron chi connectivity index (χ4n) is 2.34. The molecule has 2 rings (SSSR count). The van der Waals surface area contributed by atoms with Crippen LogP contribution in [0.25, 0.3) is 0 Å². The number of halogens is 3. The van der Waals surface area contributed by atoms with Crippen LogP contribution < -0.4 is 10.1 Å². The van der Waals surface area contributed by atoms with Gasteiger partial charge in [-0.2, -0.15) is 11.3 Å². The lowest BCUT2D eigenvalue weighted by molar-refractivity contribution is -0.274. The Morgan fingerprint density at radius 2 is 1.79 bits per heavy atom. The van der Waals surface area contributed by atoms with E-state index in [4.69, 9.17) is 0 Å². The molecule has 1 aromatic heterocycles. The number of carbonyl (C=O) groups excluding carboxylic acids is 2. The number of carbonyl (C=O) groups is 2. The SMILES string of the molecule is CN(CC(=O)Nc1ccc(OC(F)(F)F)cc1)CC(=O)N(C)Cc1ccsc1. The van der Waals surface area contributed by atoms with Crippen molar-refractivity contribution in [1.82, 2.24) is 9.80 Å². The molecule has 152 valence electrons. The number of likely N-dealkylation sites (N-methyl/N-ethyl adjacent to an activating group) is 2. The monoisotopic (exact) mass is 415 g/mol. The number of anilines is 1. The van der Waals surface area contributed by atoms with Crippen LogP contribution in [0.1, 0.15) is 5.56 Å². The van der Waals surface area contributed by atoms with E-state index in [-0.39, 0.29) is 30.7 Å². The first kappa shape index (κ1) is 21.7. The summed E-state index contributed by atoms with van der Waals surface area (Å²) in [5, 5.41) is 6.46. The van der Waals surface area contributed by atoms with Gasteiger partial charge >= 0.3 is 6.36 Å². The molecule has 28 heavy (non-hydrogen) atoms. The Labute approximate surface area is 164 Å². The second kappa shape index (κ2) is 9.56. The molecule has 0 fully saturated rings. The van der Waals surface area contributed by atoms with E-state index in [1.54, 1.807) is 35.2 Å². The summed E-state index contributed by atoms with van der Waals surface area (Å²) < 4.78 is 40.2. The molecule has 0 bridgehead atoms. The van der Waals surface area contributed by atoms with E-state index in [0.29, 0.717) is 12.2 Å². The Balaban J connectivity index is 1.77. The highest BCUT2D eigenvalue weighted by molar-refractivity contribution is 7.07. The summed E-state index contributed by atoms with van der Waals surface area (Å²) in [4.78, 5) is 27.4. The van der Waals surface area contributed by atoms with Gasteiger partial charge in [-0.3, -0.25) is 14.5 Å². The van der Waals surface area contributed by atoms with E-state index >= 15 is 0 Å². The van der Waals surface area contributed by atoms with Gasteiger partial charge in [0.15, 0.2) is 0 Å². The molecule has 0 saturated heterocycles. The molecule has 0 saturated carbocycles. The lowest BCUT2D eigenvalue weighted by Gasteiger charge is -2.21. The summed E-state index contributed by atoms with van der Waals surface area (Å²) in [7, 11) is 3.33. The van der Waals surface area contributed by atoms with Crippen molar-refractivity contribution in [3.05, 3.63) is 46.7 Å². The Morgan fingerprint density at radius 1 is 1.11 bits per heavy atom. The van der Waals surface area contributed by atoms with E-state index in [1.807, 2.05) is 16.8 Å². The minimum absolute atomic E-state index is 0.0428. The number of nitrogens with one attached hydrogen (secondary N) is 1. The van der Waals surface area contributed by atoms with Crippen LogP contribution in [0.3, 0.4) is 0 Å². The number of alkyl halides is 3. The molecule has 1 aromatic carbocycles. The van der Waals surface area contributed by atoms with Crippen molar-refractivity contribution in [2.75, 3.05) is 32.5 Å². The lowest BCUT2D eigenvalue weighted by Crippen LogP contribution is -2.39. The van der Waals surface area contributed by atoms with Crippen molar-refractivity contribution in [2.45, 2.75) is 12.9 Å². The summed E-state index contributed by atoms with van der Waals surface area (Å²) in [5.74, 6) is -0.891. The molecule has 2 aromatic rings. The number of thiophene rings is 1. The van der Waals surface area contributed by atoms with Gasteiger partial charge in [0.25, 0.3) is 0 Å². The first-order valence-electron chi connectivity index (χ1n) is 8.21. The van der Waals surface area contributed by atoms with Crippen molar-refractivity contribution in [3.63, 3.8) is 0 Å². The summed E-state index contributed by atoms with van der Waals surface area (Å²) in [5.41, 5.74) is 1.37. The molecule has 0 aliphatic rings. The molecule has 0 aliphatic carbocycles. The third kappa shape index (κ3) is 7.57. The number of benzene rings is 1. The van der Waals surface area contributed by atoms with Crippen LogP contribution in [0.5, 0.6) is 5.75 Å². The van der Waals surface area contributed by atoms with Crippen molar-refractivity contribution < 1.29 is 27.5 Å². The number of ether oxygens (including phenoxy) is 1. The normalized spacial score (nSPS) is 11.4.